The Hall–Kier alpha value is -1.89. The van der Waals surface area contributed by atoms with Crippen LogP contribution in [-0.2, 0) is 22.7 Å². The number of amides is 2. The van der Waals surface area contributed by atoms with Gasteiger partial charge in [0.15, 0.2) is 0 Å². The zero-order chi connectivity index (χ0) is 19.2. The van der Waals surface area contributed by atoms with Crippen molar-refractivity contribution in [2.24, 2.45) is 5.92 Å². The minimum atomic E-state index is -0.346. The number of hydrogen-bond donors (Lipinski definition) is 1. The molecule has 27 heavy (non-hydrogen) atoms. The summed E-state index contributed by atoms with van der Waals surface area (Å²) in [6.07, 6.45) is 10.3. The van der Waals surface area contributed by atoms with E-state index in [0.29, 0.717) is 19.0 Å². The van der Waals surface area contributed by atoms with Crippen molar-refractivity contribution >= 4 is 11.8 Å². The van der Waals surface area contributed by atoms with Gasteiger partial charge in [-0.25, -0.2) is 4.98 Å². The van der Waals surface area contributed by atoms with Gasteiger partial charge in [0, 0.05) is 45.6 Å². The van der Waals surface area contributed by atoms with Gasteiger partial charge in [-0.05, 0) is 25.7 Å². The summed E-state index contributed by atoms with van der Waals surface area (Å²) in [4.78, 5) is 33.6. The number of rotatable bonds is 7. The van der Waals surface area contributed by atoms with Crippen molar-refractivity contribution in [3.63, 3.8) is 0 Å². The van der Waals surface area contributed by atoms with Crippen molar-refractivity contribution in [1.29, 1.82) is 0 Å². The molecule has 1 aromatic rings. The van der Waals surface area contributed by atoms with Crippen LogP contribution in [0.1, 0.15) is 51.3 Å². The van der Waals surface area contributed by atoms with Crippen molar-refractivity contribution in [1.82, 2.24) is 24.7 Å². The van der Waals surface area contributed by atoms with E-state index in [1.54, 1.807) is 18.1 Å². The number of nitrogens with zero attached hydrogens (tertiary/aromatic N) is 4. The first kappa shape index (κ1) is 19.9. The zero-order valence-electron chi connectivity index (χ0n) is 16.7. The molecule has 1 saturated heterocycles. The lowest BCUT2D eigenvalue weighted by molar-refractivity contribution is -0.138. The Morgan fingerprint density at radius 3 is 2.85 bits per heavy atom. The van der Waals surface area contributed by atoms with E-state index in [0.717, 1.165) is 25.5 Å². The predicted molar refractivity (Wildman–Crippen MR) is 104 cm³/mol. The van der Waals surface area contributed by atoms with Gasteiger partial charge in [0.05, 0.1) is 19.0 Å². The molecule has 2 aliphatic rings. The summed E-state index contributed by atoms with van der Waals surface area (Å²) >= 11 is 0. The Labute approximate surface area is 162 Å². The van der Waals surface area contributed by atoms with Crippen LogP contribution in [0.15, 0.2) is 12.4 Å². The Kier molecular flexibility index (Phi) is 6.88. The van der Waals surface area contributed by atoms with Crippen LogP contribution in [0.3, 0.4) is 0 Å². The molecule has 1 unspecified atom stereocenters. The molecule has 0 radical (unpaired) electrons. The molecule has 7 heteroatoms. The first-order chi connectivity index (χ1) is 13.1. The van der Waals surface area contributed by atoms with Crippen molar-refractivity contribution in [2.45, 2.75) is 64.6 Å². The lowest BCUT2D eigenvalue weighted by atomic mass is 9.88. The number of imidazole rings is 1. The molecule has 0 bridgehead atoms. The summed E-state index contributed by atoms with van der Waals surface area (Å²) in [6.45, 7) is 5.82. The molecule has 2 amide bonds. The molecule has 3 rings (SSSR count). The number of aromatic nitrogens is 2. The topological polar surface area (TPSA) is 70.5 Å². The Balaban J connectivity index is 1.59. The molecule has 150 valence electrons. The van der Waals surface area contributed by atoms with E-state index in [-0.39, 0.29) is 24.3 Å². The molecule has 0 spiro atoms. The van der Waals surface area contributed by atoms with Crippen molar-refractivity contribution in [3.8, 4) is 0 Å². The highest BCUT2D eigenvalue weighted by atomic mass is 16.2. The van der Waals surface area contributed by atoms with Gasteiger partial charge < -0.3 is 14.8 Å². The third-order valence-electron chi connectivity index (χ3n) is 5.97. The molecule has 2 fully saturated rings. The summed E-state index contributed by atoms with van der Waals surface area (Å²) in [5.41, 5.74) is 0. The Morgan fingerprint density at radius 1 is 1.33 bits per heavy atom. The van der Waals surface area contributed by atoms with E-state index in [2.05, 4.69) is 22.1 Å². The molecule has 2 heterocycles. The minimum absolute atomic E-state index is 0.00338. The van der Waals surface area contributed by atoms with Crippen LogP contribution in [0.5, 0.6) is 0 Å². The van der Waals surface area contributed by atoms with Gasteiger partial charge in [0.1, 0.15) is 5.82 Å². The Morgan fingerprint density at radius 2 is 2.11 bits per heavy atom. The van der Waals surface area contributed by atoms with E-state index in [4.69, 9.17) is 0 Å². The van der Waals surface area contributed by atoms with Crippen LogP contribution < -0.4 is 5.32 Å². The number of hydrogen-bond acceptors (Lipinski definition) is 4. The SMILES string of the molecule is CCn1ccnc1CN(C)C(=O)CC1C(=O)NCCN1CC1CCCCC1. The van der Waals surface area contributed by atoms with E-state index < -0.39 is 0 Å². The van der Waals surface area contributed by atoms with Crippen LogP contribution in [0, 0.1) is 5.92 Å². The van der Waals surface area contributed by atoms with Crippen LogP contribution in [0.4, 0.5) is 0 Å². The maximum Gasteiger partial charge on any atom is 0.237 e. The summed E-state index contributed by atoms with van der Waals surface area (Å²) < 4.78 is 2.03. The second-order valence-corrected chi connectivity index (χ2v) is 7.89. The number of carbonyl (C=O) groups excluding carboxylic acids is 2. The van der Waals surface area contributed by atoms with Crippen molar-refractivity contribution < 1.29 is 9.59 Å². The maximum atomic E-state index is 12.8. The second kappa shape index (κ2) is 9.35. The van der Waals surface area contributed by atoms with Gasteiger partial charge in [-0.3, -0.25) is 14.5 Å². The van der Waals surface area contributed by atoms with Crippen LogP contribution >= 0.6 is 0 Å². The molecule has 1 aromatic heterocycles. The lowest BCUT2D eigenvalue weighted by Crippen LogP contribution is -2.57. The average molecular weight is 376 g/mol. The highest BCUT2D eigenvalue weighted by molar-refractivity contribution is 5.88. The monoisotopic (exact) mass is 375 g/mol. The lowest BCUT2D eigenvalue weighted by Gasteiger charge is -2.38. The number of nitrogens with one attached hydrogen (secondary N) is 1. The van der Waals surface area contributed by atoms with Gasteiger partial charge in [0.25, 0.3) is 0 Å². The number of carbonyl (C=O) groups is 2. The summed E-state index contributed by atoms with van der Waals surface area (Å²) in [6, 6.07) is -0.346. The largest absolute Gasteiger partial charge is 0.353 e. The number of aryl methyl sites for hydroxylation is 1. The maximum absolute atomic E-state index is 12.8. The molecule has 1 N–H and O–H groups in total. The van der Waals surface area contributed by atoms with Crippen molar-refractivity contribution in [3.05, 3.63) is 18.2 Å². The van der Waals surface area contributed by atoms with Gasteiger partial charge >= 0.3 is 0 Å². The summed E-state index contributed by atoms with van der Waals surface area (Å²) in [7, 11) is 1.79. The average Bonchev–Trinajstić information content (AvgIpc) is 3.12. The smallest absolute Gasteiger partial charge is 0.237 e. The quantitative estimate of drug-likeness (QED) is 0.786. The fourth-order valence-corrected chi connectivity index (χ4v) is 4.31. The fourth-order valence-electron chi connectivity index (χ4n) is 4.31. The fraction of sp³-hybridized carbons (Fsp3) is 0.750. The van der Waals surface area contributed by atoms with E-state index >= 15 is 0 Å². The van der Waals surface area contributed by atoms with Crippen LogP contribution in [0.2, 0.25) is 0 Å². The second-order valence-electron chi connectivity index (χ2n) is 7.89. The summed E-state index contributed by atoms with van der Waals surface area (Å²) in [5.74, 6) is 1.53. The van der Waals surface area contributed by atoms with E-state index in [1.807, 2.05) is 10.8 Å². The van der Waals surface area contributed by atoms with Gasteiger partial charge in [-0.15, -0.1) is 0 Å². The van der Waals surface area contributed by atoms with E-state index in [1.165, 1.54) is 32.1 Å². The normalized spacial score (nSPS) is 21.9. The van der Waals surface area contributed by atoms with Gasteiger partial charge in [0.2, 0.25) is 11.8 Å². The van der Waals surface area contributed by atoms with E-state index in [9.17, 15) is 9.59 Å². The highest BCUT2D eigenvalue weighted by Gasteiger charge is 2.33. The molecular formula is C20H33N5O2. The van der Waals surface area contributed by atoms with Gasteiger partial charge in [-0.2, -0.15) is 0 Å². The molecule has 1 aliphatic carbocycles. The zero-order valence-corrected chi connectivity index (χ0v) is 16.7. The van der Waals surface area contributed by atoms with Crippen molar-refractivity contribution in [2.75, 3.05) is 26.7 Å². The molecule has 1 atom stereocenters. The summed E-state index contributed by atoms with van der Waals surface area (Å²) in [5, 5.41) is 2.94. The molecule has 1 aliphatic heterocycles. The van der Waals surface area contributed by atoms with Gasteiger partial charge in [-0.1, -0.05) is 19.3 Å². The number of piperazine rings is 1. The van der Waals surface area contributed by atoms with Crippen LogP contribution in [-0.4, -0.2) is 63.9 Å². The molecule has 1 saturated carbocycles. The standard InChI is InChI=1S/C20H33N5O2/c1-3-24-11-9-21-18(24)15-23(2)19(26)13-17-20(27)22-10-12-25(17)14-16-7-5-4-6-8-16/h9,11,16-17H,3-8,10,12-15H2,1-2H3,(H,22,27). The van der Waals surface area contributed by atoms with Crippen LogP contribution in [0.25, 0.3) is 0 Å². The molecule has 7 nitrogen and oxygen atoms in total. The first-order valence-corrected chi connectivity index (χ1v) is 10.3. The third kappa shape index (κ3) is 5.09. The minimum Gasteiger partial charge on any atom is -0.353 e. The third-order valence-corrected chi connectivity index (χ3v) is 5.97. The highest BCUT2D eigenvalue weighted by Crippen LogP contribution is 2.26. The molecule has 0 aromatic carbocycles. The first-order valence-electron chi connectivity index (χ1n) is 10.3. The predicted octanol–water partition coefficient (Wildman–Crippen LogP) is 1.63. The molecular weight excluding hydrogens is 342 g/mol. The Bertz CT molecular complexity index is 638.